The summed E-state index contributed by atoms with van der Waals surface area (Å²) in [4.78, 5) is 0. The molecule has 20 heavy (non-hydrogen) atoms. The van der Waals surface area contributed by atoms with Crippen molar-refractivity contribution in [2.24, 2.45) is 7.05 Å². The number of benzene rings is 2. The number of imidazole rings is 1. The number of aryl methyl sites for hydroxylation is 1. The second-order valence-electron chi connectivity index (χ2n) is 5.42. The van der Waals surface area contributed by atoms with Crippen molar-refractivity contribution in [3.63, 3.8) is 0 Å². The van der Waals surface area contributed by atoms with Crippen molar-refractivity contribution in [2.75, 3.05) is 0 Å². The van der Waals surface area contributed by atoms with E-state index in [0.717, 1.165) is 17.6 Å². The zero-order chi connectivity index (χ0) is 13.3. The minimum absolute atomic E-state index is 0.959. The van der Waals surface area contributed by atoms with E-state index in [9.17, 15) is 0 Å². The van der Waals surface area contributed by atoms with E-state index in [1.54, 1.807) is 0 Å². The molecule has 0 spiro atoms. The molecular formula is C17H13N2O+. The quantitative estimate of drug-likeness (QED) is 0.393. The largest absolute Gasteiger partial charge is 0.452 e. The summed E-state index contributed by atoms with van der Waals surface area (Å²) >= 11 is 0. The fraction of sp³-hybridized carbons (Fsp3) is 0.118. The van der Waals surface area contributed by atoms with E-state index >= 15 is 0 Å². The highest BCUT2D eigenvalue weighted by molar-refractivity contribution is 6.08. The summed E-state index contributed by atoms with van der Waals surface area (Å²) in [6.45, 7) is 0. The Morgan fingerprint density at radius 3 is 2.95 bits per heavy atom. The van der Waals surface area contributed by atoms with E-state index in [4.69, 9.17) is 4.42 Å². The summed E-state index contributed by atoms with van der Waals surface area (Å²) in [6, 6.07) is 12.7. The molecule has 1 aliphatic heterocycles. The van der Waals surface area contributed by atoms with E-state index in [1.165, 1.54) is 27.8 Å². The third-order valence-electron chi connectivity index (χ3n) is 4.32. The fourth-order valence-corrected chi connectivity index (χ4v) is 3.31. The van der Waals surface area contributed by atoms with Crippen LogP contribution in [0.4, 0.5) is 0 Å². The lowest BCUT2D eigenvalue weighted by atomic mass is 10.1. The van der Waals surface area contributed by atoms with Gasteiger partial charge in [-0.3, -0.25) is 0 Å². The minimum Gasteiger partial charge on any atom is -0.452 e. The van der Waals surface area contributed by atoms with Crippen LogP contribution in [0.1, 0.15) is 11.4 Å². The number of hydrogen-bond donors (Lipinski definition) is 0. The molecule has 3 heterocycles. The molecule has 0 unspecified atom stereocenters. The van der Waals surface area contributed by atoms with E-state index in [2.05, 4.69) is 52.8 Å². The Bertz CT molecular complexity index is 991. The van der Waals surface area contributed by atoms with Crippen molar-refractivity contribution in [1.82, 2.24) is 4.57 Å². The molecule has 0 atom stereocenters. The Kier molecular flexibility index (Phi) is 1.70. The molecule has 4 aromatic rings. The average Bonchev–Trinajstić information content (AvgIpc) is 3.11. The third-order valence-corrected chi connectivity index (χ3v) is 4.32. The highest BCUT2D eigenvalue weighted by Crippen LogP contribution is 2.37. The van der Waals surface area contributed by atoms with E-state index in [-0.39, 0.29) is 0 Å². The summed E-state index contributed by atoms with van der Waals surface area (Å²) in [7, 11) is 2.09. The molecule has 2 aromatic heterocycles. The first-order chi connectivity index (χ1) is 9.83. The van der Waals surface area contributed by atoms with Gasteiger partial charge in [0.1, 0.15) is 18.0 Å². The number of rotatable bonds is 0. The van der Waals surface area contributed by atoms with E-state index in [0.29, 0.717) is 0 Å². The Balaban J connectivity index is 1.99. The van der Waals surface area contributed by atoms with Crippen molar-refractivity contribution < 1.29 is 8.98 Å². The maximum absolute atomic E-state index is 6.13. The lowest BCUT2D eigenvalue weighted by molar-refractivity contribution is -0.677. The van der Waals surface area contributed by atoms with Crippen molar-refractivity contribution in [2.45, 2.75) is 6.42 Å². The SMILES string of the molecule is C[n+]1ccn2c1Cc1ccc3c(oc4ccccc43)c1-2. The van der Waals surface area contributed by atoms with Gasteiger partial charge in [0.15, 0.2) is 11.3 Å². The van der Waals surface area contributed by atoms with E-state index < -0.39 is 0 Å². The first kappa shape index (κ1) is 10.3. The highest BCUT2D eigenvalue weighted by atomic mass is 16.3. The average molecular weight is 261 g/mol. The van der Waals surface area contributed by atoms with Gasteiger partial charge in [-0.1, -0.05) is 24.3 Å². The number of fused-ring (bicyclic) bond motifs is 7. The second kappa shape index (κ2) is 3.31. The number of furan rings is 1. The van der Waals surface area contributed by atoms with Crippen LogP contribution >= 0.6 is 0 Å². The molecule has 96 valence electrons. The summed E-state index contributed by atoms with van der Waals surface area (Å²) in [6.07, 6.45) is 5.18. The molecule has 1 aliphatic rings. The van der Waals surface area contributed by atoms with Gasteiger partial charge in [0.25, 0.3) is 5.82 Å². The third kappa shape index (κ3) is 1.09. The maximum atomic E-state index is 6.13. The van der Waals surface area contributed by atoms with Gasteiger partial charge in [-0.25, -0.2) is 4.57 Å². The number of hydrogen-bond acceptors (Lipinski definition) is 1. The van der Waals surface area contributed by atoms with Crippen LogP contribution in [-0.2, 0) is 13.5 Å². The summed E-state index contributed by atoms with van der Waals surface area (Å²) < 4.78 is 10.6. The van der Waals surface area contributed by atoms with Gasteiger partial charge < -0.3 is 4.42 Å². The van der Waals surface area contributed by atoms with Crippen molar-refractivity contribution in [1.29, 1.82) is 0 Å². The highest BCUT2D eigenvalue weighted by Gasteiger charge is 2.31. The molecule has 0 N–H and O–H groups in total. The molecule has 0 saturated heterocycles. The lowest BCUT2D eigenvalue weighted by Crippen LogP contribution is -2.30. The summed E-state index contributed by atoms with van der Waals surface area (Å²) in [5.41, 5.74) is 4.50. The van der Waals surface area contributed by atoms with Crippen LogP contribution in [0.15, 0.2) is 53.2 Å². The predicted molar refractivity (Wildman–Crippen MR) is 77.0 cm³/mol. The van der Waals surface area contributed by atoms with Crippen molar-refractivity contribution in [3.05, 3.63) is 60.2 Å². The summed E-state index contributed by atoms with van der Waals surface area (Å²) in [5, 5.41) is 2.39. The molecule has 0 saturated carbocycles. The molecular weight excluding hydrogens is 248 g/mol. The van der Waals surface area contributed by atoms with Gasteiger partial charge >= 0.3 is 0 Å². The topological polar surface area (TPSA) is 21.9 Å². The number of para-hydroxylation sites is 1. The standard InChI is InChI=1S/C17H13N2O/c1-18-8-9-19-15(18)10-11-6-7-13-12-4-2-3-5-14(12)20-17(13)16(11)19/h2-9H,10H2,1H3/q+1. The van der Waals surface area contributed by atoms with Gasteiger partial charge in [0.05, 0.1) is 13.5 Å². The molecule has 3 nitrogen and oxygen atoms in total. The van der Waals surface area contributed by atoms with Crippen LogP contribution in [0.25, 0.3) is 27.6 Å². The second-order valence-corrected chi connectivity index (χ2v) is 5.42. The van der Waals surface area contributed by atoms with Crippen LogP contribution in [-0.4, -0.2) is 4.57 Å². The normalized spacial score (nSPS) is 13.1. The molecule has 0 aliphatic carbocycles. The van der Waals surface area contributed by atoms with Crippen LogP contribution in [0, 0.1) is 0 Å². The predicted octanol–water partition coefficient (Wildman–Crippen LogP) is 3.11. The smallest absolute Gasteiger partial charge is 0.266 e. The Hall–Kier alpha value is -2.55. The van der Waals surface area contributed by atoms with Gasteiger partial charge in [-0.15, -0.1) is 0 Å². The van der Waals surface area contributed by atoms with Crippen molar-refractivity contribution >= 4 is 21.9 Å². The monoisotopic (exact) mass is 261 g/mol. The van der Waals surface area contributed by atoms with Crippen LogP contribution < -0.4 is 4.57 Å². The van der Waals surface area contributed by atoms with E-state index in [1.807, 2.05) is 12.1 Å². The van der Waals surface area contributed by atoms with Crippen LogP contribution in [0.3, 0.4) is 0 Å². The van der Waals surface area contributed by atoms with Crippen LogP contribution in [0.2, 0.25) is 0 Å². The first-order valence-corrected chi connectivity index (χ1v) is 6.82. The molecule has 3 heteroatoms. The van der Waals surface area contributed by atoms with Crippen molar-refractivity contribution in [3.8, 4) is 5.69 Å². The fourth-order valence-electron chi connectivity index (χ4n) is 3.31. The lowest BCUT2D eigenvalue weighted by Gasteiger charge is -1.96. The Labute approximate surface area is 115 Å². The Morgan fingerprint density at radius 2 is 2.00 bits per heavy atom. The summed E-state index contributed by atoms with van der Waals surface area (Å²) in [5.74, 6) is 1.30. The zero-order valence-electron chi connectivity index (χ0n) is 11.1. The molecule has 5 rings (SSSR count). The van der Waals surface area contributed by atoms with Gasteiger partial charge in [0, 0.05) is 16.3 Å². The number of aromatic nitrogens is 2. The molecule has 0 fully saturated rings. The molecule has 0 bridgehead atoms. The van der Waals surface area contributed by atoms with Gasteiger partial charge in [0.2, 0.25) is 0 Å². The first-order valence-electron chi connectivity index (χ1n) is 6.82. The molecule has 0 amide bonds. The molecule has 0 radical (unpaired) electrons. The van der Waals surface area contributed by atoms with Gasteiger partial charge in [-0.2, -0.15) is 4.57 Å². The number of nitrogens with zero attached hydrogens (tertiary/aromatic N) is 2. The molecule has 2 aromatic carbocycles. The zero-order valence-corrected chi connectivity index (χ0v) is 11.1. The van der Waals surface area contributed by atoms with Crippen LogP contribution in [0.5, 0.6) is 0 Å². The Morgan fingerprint density at radius 1 is 1.10 bits per heavy atom. The minimum atomic E-state index is 0.959. The maximum Gasteiger partial charge on any atom is 0.266 e. The van der Waals surface area contributed by atoms with Gasteiger partial charge in [-0.05, 0) is 12.1 Å².